The maximum Gasteiger partial charge on any atom is 0.337 e. The van der Waals surface area contributed by atoms with Crippen LogP contribution in [0.3, 0.4) is 0 Å². The van der Waals surface area contributed by atoms with Crippen molar-refractivity contribution in [3.63, 3.8) is 0 Å². The maximum absolute atomic E-state index is 11.6. The van der Waals surface area contributed by atoms with Gasteiger partial charge in [0.15, 0.2) is 0 Å². The summed E-state index contributed by atoms with van der Waals surface area (Å²) in [4.78, 5) is 45.8. The van der Waals surface area contributed by atoms with Crippen molar-refractivity contribution in [2.24, 2.45) is 0 Å². The van der Waals surface area contributed by atoms with E-state index >= 15 is 0 Å². The van der Waals surface area contributed by atoms with Crippen molar-refractivity contribution in [1.82, 2.24) is 0 Å². The molecular formula is C21H21ClO8. The van der Waals surface area contributed by atoms with E-state index < -0.39 is 46.1 Å². The van der Waals surface area contributed by atoms with Crippen LogP contribution in [0.25, 0.3) is 11.1 Å². The van der Waals surface area contributed by atoms with Crippen LogP contribution in [0.4, 0.5) is 0 Å². The quantitative estimate of drug-likeness (QED) is 0.347. The van der Waals surface area contributed by atoms with Gasteiger partial charge in [-0.05, 0) is 18.1 Å². The highest BCUT2D eigenvalue weighted by atomic mass is 35.5. The highest BCUT2D eigenvalue weighted by molar-refractivity contribution is 6.17. The van der Waals surface area contributed by atoms with E-state index in [1.54, 1.807) is 6.07 Å². The first-order valence-corrected chi connectivity index (χ1v) is 9.46. The lowest BCUT2D eigenvalue weighted by Crippen LogP contribution is -2.19. The Morgan fingerprint density at radius 2 is 1.30 bits per heavy atom. The first kappa shape index (κ1) is 24.6. The van der Waals surface area contributed by atoms with Crippen molar-refractivity contribution in [2.45, 2.75) is 26.2 Å². The summed E-state index contributed by atoms with van der Waals surface area (Å²) in [6.07, 6.45) is 3.73. The molecule has 4 N–H and O–H groups in total. The van der Waals surface area contributed by atoms with E-state index in [1.807, 2.05) is 0 Å². The highest BCUT2D eigenvalue weighted by Crippen LogP contribution is 2.33. The first-order valence-electron chi connectivity index (χ1n) is 8.92. The standard InChI is InChI=1S/C16H10O8.C5H11Cl/c17-13(18)8-6-9(14(19)20)11(15(21)22)12(16(23)24)10(8)7-4-2-1-3-5-7;1-2-3-4-5-6/h1-6H,(H,17,18)(H,19,20)(H,21,22)(H,23,24);2-5H2,1H3. The number of alkyl halides is 1. The SMILES string of the molecule is CCCCCCl.O=C(O)c1cc(C(=O)O)c(-c2ccccc2)c(C(=O)O)c1C(=O)O. The molecule has 0 aliphatic rings. The number of aromatic carboxylic acids is 4. The average molecular weight is 437 g/mol. The summed E-state index contributed by atoms with van der Waals surface area (Å²) in [5.41, 5.74) is -3.59. The number of benzene rings is 2. The van der Waals surface area contributed by atoms with Crippen LogP contribution in [0.2, 0.25) is 0 Å². The van der Waals surface area contributed by atoms with Gasteiger partial charge in [0.05, 0.1) is 22.3 Å². The molecule has 160 valence electrons. The third-order valence-corrected chi connectivity index (χ3v) is 4.28. The van der Waals surface area contributed by atoms with Crippen molar-refractivity contribution < 1.29 is 39.6 Å². The zero-order chi connectivity index (χ0) is 22.8. The maximum atomic E-state index is 11.6. The van der Waals surface area contributed by atoms with Crippen molar-refractivity contribution in [2.75, 3.05) is 5.88 Å². The third-order valence-electron chi connectivity index (χ3n) is 4.02. The number of carboxylic acids is 4. The molecule has 30 heavy (non-hydrogen) atoms. The molecule has 0 unspecified atom stereocenters. The van der Waals surface area contributed by atoms with Crippen LogP contribution in [-0.2, 0) is 0 Å². The van der Waals surface area contributed by atoms with Gasteiger partial charge in [0, 0.05) is 11.4 Å². The summed E-state index contributed by atoms with van der Waals surface area (Å²) in [6.45, 7) is 2.17. The van der Waals surface area contributed by atoms with Gasteiger partial charge in [0.1, 0.15) is 0 Å². The van der Waals surface area contributed by atoms with Gasteiger partial charge in [0.2, 0.25) is 0 Å². The monoisotopic (exact) mass is 436 g/mol. The molecule has 2 aromatic rings. The van der Waals surface area contributed by atoms with Crippen LogP contribution in [0.5, 0.6) is 0 Å². The minimum Gasteiger partial charge on any atom is -0.478 e. The molecule has 2 rings (SSSR count). The van der Waals surface area contributed by atoms with Gasteiger partial charge < -0.3 is 20.4 Å². The molecule has 0 spiro atoms. The van der Waals surface area contributed by atoms with Gasteiger partial charge in [-0.15, -0.1) is 11.6 Å². The normalized spacial score (nSPS) is 9.93. The van der Waals surface area contributed by atoms with E-state index in [0.717, 1.165) is 5.88 Å². The summed E-state index contributed by atoms with van der Waals surface area (Å²) in [5, 5.41) is 37.2. The van der Waals surface area contributed by atoms with Gasteiger partial charge in [-0.1, -0.05) is 50.1 Å². The molecule has 9 heteroatoms. The van der Waals surface area contributed by atoms with E-state index in [1.165, 1.54) is 43.5 Å². The lowest BCUT2D eigenvalue weighted by atomic mass is 9.87. The van der Waals surface area contributed by atoms with Gasteiger partial charge in [-0.2, -0.15) is 0 Å². The van der Waals surface area contributed by atoms with Crippen LogP contribution in [0, 0.1) is 0 Å². The summed E-state index contributed by atoms with van der Waals surface area (Å²) in [5.74, 6) is -6.00. The number of hydrogen-bond acceptors (Lipinski definition) is 4. The fourth-order valence-electron chi connectivity index (χ4n) is 2.71. The van der Waals surface area contributed by atoms with Crippen molar-refractivity contribution in [3.05, 3.63) is 58.7 Å². The molecule has 0 amide bonds. The minimum absolute atomic E-state index is 0.145. The average Bonchev–Trinajstić information content (AvgIpc) is 2.71. The summed E-state index contributed by atoms with van der Waals surface area (Å²) >= 11 is 5.38. The Bertz CT molecular complexity index is 934. The Labute approximate surface area is 177 Å². The summed E-state index contributed by atoms with van der Waals surface area (Å²) in [6, 6.07) is 8.09. The van der Waals surface area contributed by atoms with Gasteiger partial charge in [0.25, 0.3) is 0 Å². The third kappa shape index (κ3) is 6.05. The van der Waals surface area contributed by atoms with Gasteiger partial charge in [-0.3, -0.25) is 0 Å². The molecule has 0 bridgehead atoms. The molecule has 0 aliphatic heterocycles. The predicted molar refractivity (Wildman–Crippen MR) is 110 cm³/mol. The number of unbranched alkanes of at least 4 members (excludes halogenated alkanes) is 2. The highest BCUT2D eigenvalue weighted by Gasteiger charge is 2.31. The van der Waals surface area contributed by atoms with E-state index in [2.05, 4.69) is 6.92 Å². The second-order valence-corrected chi connectivity index (χ2v) is 6.46. The molecule has 0 saturated carbocycles. The minimum atomic E-state index is -1.78. The number of rotatable bonds is 8. The molecule has 0 aromatic heterocycles. The number of carbonyl (C=O) groups is 4. The number of carboxylic acid groups (broad SMARTS) is 4. The van der Waals surface area contributed by atoms with Crippen LogP contribution in [0.15, 0.2) is 36.4 Å². The Kier molecular flexibility index (Phi) is 9.51. The number of hydrogen-bond donors (Lipinski definition) is 4. The molecule has 0 radical (unpaired) electrons. The van der Waals surface area contributed by atoms with Gasteiger partial charge >= 0.3 is 23.9 Å². The van der Waals surface area contributed by atoms with Crippen LogP contribution >= 0.6 is 11.6 Å². The van der Waals surface area contributed by atoms with E-state index in [-0.39, 0.29) is 11.1 Å². The first-order chi connectivity index (χ1) is 14.2. The Morgan fingerprint density at radius 3 is 1.67 bits per heavy atom. The van der Waals surface area contributed by atoms with E-state index in [9.17, 15) is 34.5 Å². The molecule has 8 nitrogen and oxygen atoms in total. The molecule has 0 aliphatic carbocycles. The van der Waals surface area contributed by atoms with Crippen LogP contribution < -0.4 is 0 Å². The molecule has 0 saturated heterocycles. The van der Waals surface area contributed by atoms with E-state index in [0.29, 0.717) is 6.07 Å². The lowest BCUT2D eigenvalue weighted by molar-refractivity contribution is 0.0632. The molecule has 2 aromatic carbocycles. The molecule has 0 heterocycles. The Morgan fingerprint density at radius 1 is 0.767 bits per heavy atom. The second kappa shape index (κ2) is 11.6. The van der Waals surface area contributed by atoms with Crippen molar-refractivity contribution >= 4 is 35.5 Å². The van der Waals surface area contributed by atoms with Crippen molar-refractivity contribution in [1.29, 1.82) is 0 Å². The lowest BCUT2D eigenvalue weighted by Gasteiger charge is -2.15. The fraction of sp³-hybridized carbons (Fsp3) is 0.238. The fourth-order valence-corrected chi connectivity index (χ4v) is 2.89. The molecule has 0 atom stereocenters. The Hall–Kier alpha value is -3.39. The van der Waals surface area contributed by atoms with Crippen LogP contribution in [0.1, 0.15) is 67.6 Å². The smallest absolute Gasteiger partial charge is 0.337 e. The van der Waals surface area contributed by atoms with Crippen molar-refractivity contribution in [3.8, 4) is 11.1 Å². The van der Waals surface area contributed by atoms with Crippen LogP contribution in [-0.4, -0.2) is 50.2 Å². The topological polar surface area (TPSA) is 149 Å². The molecular weight excluding hydrogens is 416 g/mol. The van der Waals surface area contributed by atoms with Gasteiger partial charge in [-0.25, -0.2) is 19.2 Å². The summed E-state index contributed by atoms with van der Waals surface area (Å²) in [7, 11) is 0. The zero-order valence-corrected chi connectivity index (χ0v) is 16.8. The largest absolute Gasteiger partial charge is 0.478 e. The molecule has 0 fully saturated rings. The number of halogens is 1. The Balaban J connectivity index is 0.000000656. The van der Waals surface area contributed by atoms with E-state index in [4.69, 9.17) is 16.7 Å². The second-order valence-electron chi connectivity index (χ2n) is 6.08. The zero-order valence-electron chi connectivity index (χ0n) is 16.1. The predicted octanol–water partition coefficient (Wildman–Crippen LogP) is 4.56. The summed E-state index contributed by atoms with van der Waals surface area (Å²) < 4.78 is 0.